The van der Waals surface area contributed by atoms with Gasteiger partial charge in [0.15, 0.2) is 0 Å². The molecule has 2 rings (SSSR count). The molecular formula is C9H15N3O. The number of hydrogen-bond donors (Lipinski definition) is 0. The third-order valence-corrected chi connectivity index (χ3v) is 2.38. The van der Waals surface area contributed by atoms with Crippen molar-refractivity contribution in [3.63, 3.8) is 0 Å². The van der Waals surface area contributed by atoms with Gasteiger partial charge in [-0.25, -0.2) is 0 Å². The van der Waals surface area contributed by atoms with E-state index in [-0.39, 0.29) is 0 Å². The Morgan fingerprint density at radius 1 is 1.23 bits per heavy atom. The maximum Gasteiger partial charge on any atom is 0.230 e. The van der Waals surface area contributed by atoms with Crippen molar-refractivity contribution in [1.82, 2.24) is 15.1 Å². The minimum atomic E-state index is 0.659. The van der Waals surface area contributed by atoms with Crippen molar-refractivity contribution in [2.24, 2.45) is 0 Å². The molecule has 1 saturated heterocycles. The molecule has 0 radical (unpaired) electrons. The van der Waals surface area contributed by atoms with Gasteiger partial charge in [0.1, 0.15) is 0 Å². The fourth-order valence-corrected chi connectivity index (χ4v) is 1.71. The topological polar surface area (TPSA) is 42.2 Å². The second kappa shape index (κ2) is 3.87. The Balaban J connectivity index is 1.89. The molecule has 0 saturated carbocycles. The van der Waals surface area contributed by atoms with Crippen molar-refractivity contribution < 1.29 is 4.42 Å². The van der Waals surface area contributed by atoms with Crippen molar-refractivity contribution in [2.75, 3.05) is 13.1 Å². The van der Waals surface area contributed by atoms with Crippen molar-refractivity contribution in [1.29, 1.82) is 0 Å². The Morgan fingerprint density at radius 2 is 2.00 bits per heavy atom. The lowest BCUT2D eigenvalue weighted by Gasteiger charge is -2.24. The third kappa shape index (κ3) is 2.28. The van der Waals surface area contributed by atoms with Crippen LogP contribution in [0, 0.1) is 6.92 Å². The van der Waals surface area contributed by atoms with Gasteiger partial charge in [0, 0.05) is 6.92 Å². The summed E-state index contributed by atoms with van der Waals surface area (Å²) in [6, 6.07) is 0. The second-order valence-electron chi connectivity index (χ2n) is 3.55. The molecule has 0 aromatic carbocycles. The van der Waals surface area contributed by atoms with Crippen LogP contribution in [0.25, 0.3) is 0 Å². The molecule has 0 aliphatic carbocycles. The average molecular weight is 181 g/mol. The van der Waals surface area contributed by atoms with Gasteiger partial charge in [0.05, 0.1) is 6.54 Å². The van der Waals surface area contributed by atoms with E-state index in [0.717, 1.165) is 12.4 Å². The van der Waals surface area contributed by atoms with Gasteiger partial charge in [0.25, 0.3) is 0 Å². The first-order valence-corrected chi connectivity index (χ1v) is 4.86. The van der Waals surface area contributed by atoms with Crippen LogP contribution in [0.2, 0.25) is 0 Å². The van der Waals surface area contributed by atoms with Gasteiger partial charge >= 0.3 is 0 Å². The van der Waals surface area contributed by atoms with Gasteiger partial charge in [-0.05, 0) is 25.9 Å². The van der Waals surface area contributed by atoms with Crippen LogP contribution in [0.3, 0.4) is 0 Å². The van der Waals surface area contributed by atoms with Crippen molar-refractivity contribution in [2.45, 2.75) is 32.7 Å². The molecule has 0 N–H and O–H groups in total. The lowest BCUT2D eigenvalue weighted by Crippen LogP contribution is -2.29. The second-order valence-corrected chi connectivity index (χ2v) is 3.55. The van der Waals surface area contributed by atoms with Gasteiger partial charge in [-0.2, -0.15) is 0 Å². The van der Waals surface area contributed by atoms with Crippen LogP contribution in [0.4, 0.5) is 0 Å². The summed E-state index contributed by atoms with van der Waals surface area (Å²) in [6.45, 7) is 4.98. The lowest BCUT2D eigenvalue weighted by atomic mass is 10.1. The number of aryl methyl sites for hydroxylation is 1. The van der Waals surface area contributed by atoms with Crippen molar-refractivity contribution in [3.8, 4) is 0 Å². The number of piperidine rings is 1. The Bertz CT molecular complexity index is 266. The first-order chi connectivity index (χ1) is 6.34. The van der Waals surface area contributed by atoms with E-state index in [1.54, 1.807) is 0 Å². The van der Waals surface area contributed by atoms with E-state index < -0.39 is 0 Å². The highest BCUT2D eigenvalue weighted by atomic mass is 16.4. The molecule has 1 fully saturated rings. The number of rotatable bonds is 2. The molecule has 1 aliphatic heterocycles. The van der Waals surface area contributed by atoms with Crippen LogP contribution in [0.15, 0.2) is 4.42 Å². The van der Waals surface area contributed by atoms with E-state index in [2.05, 4.69) is 15.1 Å². The maximum atomic E-state index is 5.32. The summed E-state index contributed by atoms with van der Waals surface area (Å²) in [6.07, 6.45) is 3.96. The van der Waals surface area contributed by atoms with Crippen LogP contribution in [-0.2, 0) is 6.54 Å². The van der Waals surface area contributed by atoms with Gasteiger partial charge in [-0.15, -0.1) is 10.2 Å². The summed E-state index contributed by atoms with van der Waals surface area (Å²) < 4.78 is 5.32. The molecule has 0 atom stereocenters. The van der Waals surface area contributed by atoms with E-state index in [9.17, 15) is 0 Å². The summed E-state index contributed by atoms with van der Waals surface area (Å²) >= 11 is 0. The summed E-state index contributed by atoms with van der Waals surface area (Å²) in [7, 11) is 0. The normalized spacial score (nSPS) is 19.2. The Hall–Kier alpha value is -0.900. The summed E-state index contributed by atoms with van der Waals surface area (Å²) in [5.41, 5.74) is 0. The molecule has 13 heavy (non-hydrogen) atoms. The molecular weight excluding hydrogens is 166 g/mol. The highest BCUT2D eigenvalue weighted by Gasteiger charge is 2.13. The van der Waals surface area contributed by atoms with Gasteiger partial charge in [-0.1, -0.05) is 6.42 Å². The largest absolute Gasteiger partial charge is 0.424 e. The number of hydrogen-bond acceptors (Lipinski definition) is 4. The fraction of sp³-hybridized carbons (Fsp3) is 0.778. The number of likely N-dealkylation sites (tertiary alicyclic amines) is 1. The van der Waals surface area contributed by atoms with Gasteiger partial charge in [0.2, 0.25) is 11.8 Å². The van der Waals surface area contributed by atoms with Crippen LogP contribution in [0.1, 0.15) is 31.0 Å². The molecule has 4 nitrogen and oxygen atoms in total. The van der Waals surface area contributed by atoms with Crippen LogP contribution >= 0.6 is 0 Å². The van der Waals surface area contributed by atoms with Crippen LogP contribution in [-0.4, -0.2) is 28.2 Å². The van der Waals surface area contributed by atoms with Gasteiger partial charge < -0.3 is 4.42 Å². The molecule has 0 bridgehead atoms. The Morgan fingerprint density at radius 3 is 2.62 bits per heavy atom. The van der Waals surface area contributed by atoms with Crippen molar-refractivity contribution >= 4 is 0 Å². The SMILES string of the molecule is Cc1nnc(CN2CCCCC2)o1. The Labute approximate surface area is 77.9 Å². The molecule has 0 amide bonds. The van der Waals surface area contributed by atoms with Gasteiger partial charge in [-0.3, -0.25) is 4.90 Å². The van der Waals surface area contributed by atoms with E-state index in [4.69, 9.17) is 4.42 Å². The first kappa shape index (κ1) is 8.69. The van der Waals surface area contributed by atoms with E-state index in [1.165, 1.54) is 32.4 Å². The highest BCUT2D eigenvalue weighted by Crippen LogP contribution is 2.11. The summed E-state index contributed by atoms with van der Waals surface area (Å²) in [5.74, 6) is 1.41. The molecule has 1 aromatic heterocycles. The zero-order valence-corrected chi connectivity index (χ0v) is 7.99. The first-order valence-electron chi connectivity index (χ1n) is 4.86. The molecule has 1 aliphatic rings. The summed E-state index contributed by atoms with van der Waals surface area (Å²) in [5, 5.41) is 7.79. The predicted octanol–water partition coefficient (Wildman–Crippen LogP) is 1.36. The Kier molecular flexibility index (Phi) is 2.59. The molecule has 72 valence electrons. The van der Waals surface area contributed by atoms with Crippen molar-refractivity contribution in [3.05, 3.63) is 11.8 Å². The standard InChI is InChI=1S/C9H15N3O/c1-8-10-11-9(13-8)7-12-5-3-2-4-6-12/h2-7H2,1H3. The molecule has 0 spiro atoms. The molecule has 4 heteroatoms. The van der Waals surface area contributed by atoms with E-state index in [1.807, 2.05) is 6.92 Å². The fourth-order valence-electron chi connectivity index (χ4n) is 1.71. The zero-order valence-electron chi connectivity index (χ0n) is 7.99. The smallest absolute Gasteiger partial charge is 0.230 e. The highest BCUT2D eigenvalue weighted by molar-refractivity contribution is 4.80. The van der Waals surface area contributed by atoms with Crippen LogP contribution < -0.4 is 0 Å². The molecule has 2 heterocycles. The lowest BCUT2D eigenvalue weighted by molar-refractivity contribution is 0.200. The molecule has 1 aromatic rings. The number of aromatic nitrogens is 2. The monoisotopic (exact) mass is 181 g/mol. The van der Waals surface area contributed by atoms with E-state index >= 15 is 0 Å². The predicted molar refractivity (Wildman–Crippen MR) is 48.2 cm³/mol. The minimum Gasteiger partial charge on any atom is -0.424 e. The zero-order chi connectivity index (χ0) is 9.10. The average Bonchev–Trinajstić information content (AvgIpc) is 2.53. The van der Waals surface area contributed by atoms with Crippen LogP contribution in [0.5, 0.6) is 0 Å². The number of nitrogens with zero attached hydrogens (tertiary/aromatic N) is 3. The van der Waals surface area contributed by atoms with E-state index in [0.29, 0.717) is 5.89 Å². The summed E-state index contributed by atoms with van der Waals surface area (Å²) in [4.78, 5) is 2.37. The third-order valence-electron chi connectivity index (χ3n) is 2.38. The maximum absolute atomic E-state index is 5.32. The minimum absolute atomic E-state index is 0.659. The molecule has 0 unspecified atom stereocenters. The quantitative estimate of drug-likeness (QED) is 0.691.